The number of nitrogens with zero attached hydrogens (tertiary/aromatic N) is 2. The summed E-state index contributed by atoms with van der Waals surface area (Å²) in [7, 11) is -1.72. The Morgan fingerprint density at radius 2 is 1.80 bits per heavy atom. The summed E-state index contributed by atoms with van der Waals surface area (Å²) in [5, 5.41) is 6.08. The number of guanidine groups is 1. The van der Waals surface area contributed by atoms with E-state index in [9.17, 15) is 8.42 Å². The Hall–Kier alpha value is -2.45. The van der Waals surface area contributed by atoms with Gasteiger partial charge in [-0.15, -0.1) is 0 Å². The third-order valence-corrected chi connectivity index (χ3v) is 4.71. The second kappa shape index (κ2) is 9.75. The van der Waals surface area contributed by atoms with Crippen molar-refractivity contribution in [3.05, 3.63) is 66.0 Å². The van der Waals surface area contributed by atoms with Gasteiger partial charge in [-0.25, -0.2) is 13.1 Å². The maximum atomic E-state index is 12.0. The molecule has 7 nitrogen and oxygen atoms in total. The van der Waals surface area contributed by atoms with E-state index in [2.05, 4.69) is 25.3 Å². The molecule has 2 aromatic rings. The summed E-state index contributed by atoms with van der Waals surface area (Å²) in [4.78, 5) is 8.27. The van der Waals surface area contributed by atoms with Gasteiger partial charge in [-0.3, -0.25) is 9.98 Å². The summed E-state index contributed by atoms with van der Waals surface area (Å²) in [5.41, 5.74) is 1.80. The summed E-state index contributed by atoms with van der Waals surface area (Å²) in [5.74, 6) is 0.494. The van der Waals surface area contributed by atoms with Crippen LogP contribution >= 0.6 is 0 Å². The molecule has 2 rings (SSSR count). The van der Waals surface area contributed by atoms with Gasteiger partial charge in [-0.05, 0) is 17.7 Å². The quantitative estimate of drug-likeness (QED) is 0.479. The minimum atomic E-state index is -3.36. The number of nitrogens with one attached hydrogen (secondary N) is 3. The summed E-state index contributed by atoms with van der Waals surface area (Å²) in [6.45, 7) is 1.06. The van der Waals surface area contributed by atoms with Crippen LogP contribution in [0.3, 0.4) is 0 Å². The lowest BCUT2D eigenvalue weighted by Gasteiger charge is -2.12. The lowest BCUT2D eigenvalue weighted by atomic mass is 10.2. The smallest absolute Gasteiger partial charge is 0.213 e. The molecule has 1 heterocycles. The normalized spacial score (nSPS) is 12.0. The largest absolute Gasteiger partial charge is 0.355 e. The maximum absolute atomic E-state index is 12.0. The highest BCUT2D eigenvalue weighted by Crippen LogP contribution is 1.98. The second-order valence-corrected chi connectivity index (χ2v) is 7.23. The predicted molar refractivity (Wildman–Crippen MR) is 99.5 cm³/mol. The number of rotatable bonds is 8. The van der Waals surface area contributed by atoms with Crippen LogP contribution in [-0.4, -0.2) is 38.7 Å². The lowest BCUT2D eigenvalue weighted by molar-refractivity contribution is 0.580. The molecule has 0 atom stereocenters. The first kappa shape index (κ1) is 18.9. The SMILES string of the molecule is CN=C(NCCS(=O)(=O)NCc1ccccc1)NCc1ccccn1. The minimum Gasteiger partial charge on any atom is -0.355 e. The van der Waals surface area contributed by atoms with E-state index in [0.29, 0.717) is 12.5 Å². The molecule has 0 saturated heterocycles. The molecule has 0 bridgehead atoms. The van der Waals surface area contributed by atoms with Crippen molar-refractivity contribution in [1.29, 1.82) is 0 Å². The van der Waals surface area contributed by atoms with Crippen molar-refractivity contribution < 1.29 is 8.42 Å². The number of pyridine rings is 1. The molecule has 0 fully saturated rings. The van der Waals surface area contributed by atoms with Crippen LogP contribution < -0.4 is 15.4 Å². The van der Waals surface area contributed by atoms with Gasteiger partial charge in [0.1, 0.15) is 0 Å². The second-order valence-electron chi connectivity index (χ2n) is 5.30. The zero-order chi connectivity index (χ0) is 18.0. The minimum absolute atomic E-state index is 0.0376. The van der Waals surface area contributed by atoms with Crippen molar-refractivity contribution in [2.24, 2.45) is 4.99 Å². The first-order valence-corrected chi connectivity index (χ1v) is 9.60. The molecule has 0 radical (unpaired) electrons. The molecular weight excluding hydrogens is 338 g/mol. The first-order valence-electron chi connectivity index (χ1n) is 7.95. The molecule has 0 amide bonds. The van der Waals surface area contributed by atoms with Crippen molar-refractivity contribution in [2.75, 3.05) is 19.3 Å². The van der Waals surface area contributed by atoms with Crippen LogP contribution in [0.25, 0.3) is 0 Å². The number of hydrogen-bond acceptors (Lipinski definition) is 4. The highest BCUT2D eigenvalue weighted by Gasteiger charge is 2.10. The zero-order valence-electron chi connectivity index (χ0n) is 14.1. The number of sulfonamides is 1. The van der Waals surface area contributed by atoms with Crippen LogP contribution in [0.15, 0.2) is 59.7 Å². The maximum Gasteiger partial charge on any atom is 0.213 e. The van der Waals surface area contributed by atoms with E-state index < -0.39 is 10.0 Å². The summed E-state index contributed by atoms with van der Waals surface area (Å²) >= 11 is 0. The molecule has 0 aliphatic heterocycles. The van der Waals surface area contributed by atoms with Crippen molar-refractivity contribution in [3.8, 4) is 0 Å². The fraction of sp³-hybridized carbons (Fsp3) is 0.294. The molecular formula is C17H23N5O2S. The van der Waals surface area contributed by atoms with Crippen molar-refractivity contribution in [2.45, 2.75) is 13.1 Å². The molecule has 134 valence electrons. The molecule has 1 aromatic carbocycles. The van der Waals surface area contributed by atoms with E-state index in [0.717, 1.165) is 11.3 Å². The fourth-order valence-corrected chi connectivity index (χ4v) is 2.96. The van der Waals surface area contributed by atoms with Crippen LogP contribution in [0.5, 0.6) is 0 Å². The van der Waals surface area contributed by atoms with E-state index in [4.69, 9.17) is 0 Å². The Bertz CT molecular complexity index is 764. The molecule has 3 N–H and O–H groups in total. The van der Waals surface area contributed by atoms with Gasteiger partial charge >= 0.3 is 0 Å². The Labute approximate surface area is 148 Å². The molecule has 0 saturated carbocycles. The lowest BCUT2D eigenvalue weighted by Crippen LogP contribution is -2.40. The van der Waals surface area contributed by atoms with E-state index >= 15 is 0 Å². The van der Waals surface area contributed by atoms with Gasteiger partial charge in [0.2, 0.25) is 10.0 Å². The number of benzene rings is 1. The van der Waals surface area contributed by atoms with Crippen LogP contribution in [0.1, 0.15) is 11.3 Å². The average molecular weight is 361 g/mol. The summed E-state index contributed by atoms with van der Waals surface area (Å²) in [6, 6.07) is 15.1. The first-order chi connectivity index (χ1) is 12.1. The fourth-order valence-electron chi connectivity index (χ4n) is 2.06. The number of hydrogen-bond donors (Lipinski definition) is 3. The summed E-state index contributed by atoms with van der Waals surface area (Å²) < 4.78 is 26.7. The van der Waals surface area contributed by atoms with Crippen LogP contribution in [0.4, 0.5) is 0 Å². The molecule has 25 heavy (non-hydrogen) atoms. The van der Waals surface area contributed by atoms with Gasteiger partial charge in [-0.1, -0.05) is 36.4 Å². The van der Waals surface area contributed by atoms with E-state index in [1.807, 2.05) is 48.5 Å². The van der Waals surface area contributed by atoms with Gasteiger partial charge in [0, 0.05) is 26.3 Å². The third kappa shape index (κ3) is 7.32. The van der Waals surface area contributed by atoms with Crippen molar-refractivity contribution in [1.82, 2.24) is 20.3 Å². The number of aromatic nitrogens is 1. The average Bonchev–Trinajstić information content (AvgIpc) is 2.64. The van der Waals surface area contributed by atoms with E-state index in [1.165, 1.54) is 0 Å². The number of aliphatic imine (C=N–C) groups is 1. The van der Waals surface area contributed by atoms with Crippen molar-refractivity contribution in [3.63, 3.8) is 0 Å². The van der Waals surface area contributed by atoms with E-state index in [-0.39, 0.29) is 18.8 Å². The van der Waals surface area contributed by atoms with Crippen LogP contribution in [-0.2, 0) is 23.1 Å². The van der Waals surface area contributed by atoms with Gasteiger partial charge in [-0.2, -0.15) is 0 Å². The van der Waals surface area contributed by atoms with Gasteiger partial charge in [0.05, 0.1) is 18.0 Å². The van der Waals surface area contributed by atoms with Gasteiger partial charge in [0.25, 0.3) is 0 Å². The molecule has 8 heteroatoms. The Balaban J connectivity index is 1.72. The van der Waals surface area contributed by atoms with E-state index in [1.54, 1.807) is 13.2 Å². The Morgan fingerprint density at radius 3 is 2.48 bits per heavy atom. The van der Waals surface area contributed by atoms with Gasteiger partial charge in [0.15, 0.2) is 5.96 Å². The highest BCUT2D eigenvalue weighted by molar-refractivity contribution is 7.89. The van der Waals surface area contributed by atoms with Crippen LogP contribution in [0, 0.1) is 0 Å². The molecule has 0 unspecified atom stereocenters. The standard InChI is InChI=1S/C17H23N5O2S/c1-18-17(21-14-16-9-5-6-10-19-16)20-11-12-25(23,24)22-13-15-7-3-2-4-8-15/h2-10,22H,11-14H2,1H3,(H2,18,20,21). The van der Waals surface area contributed by atoms with Crippen LogP contribution in [0.2, 0.25) is 0 Å². The predicted octanol–water partition coefficient (Wildman–Crippen LogP) is 0.866. The molecule has 0 spiro atoms. The summed E-state index contributed by atoms with van der Waals surface area (Å²) in [6.07, 6.45) is 1.72. The highest BCUT2D eigenvalue weighted by atomic mass is 32.2. The molecule has 1 aromatic heterocycles. The van der Waals surface area contributed by atoms with Gasteiger partial charge < -0.3 is 10.6 Å². The third-order valence-electron chi connectivity index (χ3n) is 3.39. The Morgan fingerprint density at radius 1 is 1.04 bits per heavy atom. The monoisotopic (exact) mass is 361 g/mol. The molecule has 0 aliphatic carbocycles. The Kier molecular flexibility index (Phi) is 7.36. The van der Waals surface area contributed by atoms with Crippen molar-refractivity contribution >= 4 is 16.0 Å². The zero-order valence-corrected chi connectivity index (χ0v) is 15.0. The molecule has 0 aliphatic rings. The topological polar surface area (TPSA) is 95.5 Å².